The Balaban J connectivity index is 1.18. The van der Waals surface area contributed by atoms with Crippen LogP contribution in [0.5, 0.6) is 0 Å². The van der Waals surface area contributed by atoms with Crippen LogP contribution >= 0.6 is 11.8 Å². The summed E-state index contributed by atoms with van der Waals surface area (Å²) in [5.74, 6) is -15.8. The van der Waals surface area contributed by atoms with Gasteiger partial charge < -0.3 is 122 Å². The Labute approximate surface area is 699 Å². The van der Waals surface area contributed by atoms with Crippen molar-refractivity contribution >= 4 is 117 Å². The van der Waals surface area contributed by atoms with Crippen LogP contribution in [0.15, 0.2) is 129 Å². The number of para-hydroxylation sites is 1. The van der Waals surface area contributed by atoms with Gasteiger partial charge in [0.1, 0.15) is 66.5 Å². The molecule has 0 unspecified atom stereocenters. The average Bonchev–Trinajstić information content (AvgIpc) is 1.69. The molecule has 1 aliphatic rings. The lowest BCUT2D eigenvalue weighted by atomic mass is 9.99. The molecule has 0 aliphatic carbocycles. The summed E-state index contributed by atoms with van der Waals surface area (Å²) < 4.78 is 0. The van der Waals surface area contributed by atoms with Crippen molar-refractivity contribution in [1.82, 2.24) is 114 Å². The molecule has 14 amide bonds. The van der Waals surface area contributed by atoms with Crippen LogP contribution in [0.25, 0.3) is 10.9 Å². The second-order valence-electron chi connectivity index (χ2n) is 29.0. The number of nitrogens with two attached hydrogens (primary N) is 3. The zero-order valence-corrected chi connectivity index (χ0v) is 67.7. The number of fused-ring (bicyclic) bond motifs is 1. The highest BCUT2D eigenvalue weighted by atomic mass is 32.2. The van der Waals surface area contributed by atoms with Crippen LogP contribution in [0.4, 0.5) is 0 Å². The average molecular weight is 1690 g/mol. The number of likely N-dealkylation sites (N-methyl/N-ethyl adjacent to an activating group) is 1. The maximum Gasteiger partial charge on any atom is 0.245 e. The number of nitrogens with zero attached hydrogens (tertiary/aromatic N) is 4. The first-order chi connectivity index (χ1) is 58.0. The molecule has 5 heterocycles. The molecule has 648 valence electrons. The summed E-state index contributed by atoms with van der Waals surface area (Å²) in [5.41, 5.74) is 20.0. The minimum absolute atomic E-state index is 0.0151. The van der Waals surface area contributed by atoms with Crippen molar-refractivity contribution in [2.75, 3.05) is 51.3 Å². The molecule has 121 heavy (non-hydrogen) atoms. The Morgan fingerprint density at radius 2 is 0.992 bits per heavy atom. The largest absolute Gasteiger partial charge is 0.394 e. The van der Waals surface area contributed by atoms with Gasteiger partial charge in [0.2, 0.25) is 82.7 Å². The molecule has 1 aliphatic heterocycles. The van der Waals surface area contributed by atoms with Gasteiger partial charge in [0.25, 0.3) is 0 Å². The quantitative estimate of drug-likeness (QED) is 0.0137. The smallest absolute Gasteiger partial charge is 0.245 e. The van der Waals surface area contributed by atoms with Gasteiger partial charge in [-0.25, -0.2) is 15.0 Å². The van der Waals surface area contributed by atoms with Crippen molar-refractivity contribution in [3.8, 4) is 0 Å². The number of carbonyl (C=O) groups is 14. The van der Waals surface area contributed by atoms with E-state index in [9.17, 15) is 48.3 Å². The first kappa shape index (κ1) is 92.8. The SMILES string of the molecule is CC(C)[C@H]1NC(=O)[C@@H](Cc2ccccc2)NC(=O)CSC[C@H](C(=O)NCC(N)=O)NC(=O)[C@@H](Cc2cnc[nH]2)NC(=O)[C@@H](CCCNC(=N)N)NC(=O)[C@@H](Cc2cnc[nH]2)NC(=O)[C@@H](Cc2ccccc2)N(C)C(=O)[C@@H](CCCNC(=N)N)NC(=O)[C@@H](CO)NC(=O)CNC(=O)[C@@H](CCc2cnc[nH]2)NC(=O)[C@@H](Cc2c[nH]c3ccccc23)NC1=O. The number of benzene rings is 3. The van der Waals surface area contributed by atoms with Gasteiger partial charge in [-0.1, -0.05) is 92.7 Å². The molecule has 0 spiro atoms. The zero-order valence-electron chi connectivity index (χ0n) is 66.9. The molecule has 4 aromatic heterocycles. The second-order valence-corrected chi connectivity index (χ2v) is 30.1. The van der Waals surface area contributed by atoms with E-state index in [1.165, 1.54) is 44.6 Å². The Kier molecular flexibility index (Phi) is 36.0. The number of carbonyl (C=O) groups excluding carboxylic acids is 14. The fraction of sp³-hybridized carbons (Fsp3) is 0.423. The third kappa shape index (κ3) is 30.0. The van der Waals surface area contributed by atoms with Crippen LogP contribution in [-0.2, 0) is 106 Å². The van der Waals surface area contributed by atoms with E-state index in [1.807, 2.05) is 0 Å². The Morgan fingerprint density at radius 3 is 1.56 bits per heavy atom. The molecule has 0 saturated carbocycles. The van der Waals surface area contributed by atoms with Crippen LogP contribution in [0.2, 0.25) is 0 Å². The van der Waals surface area contributed by atoms with Crippen molar-refractivity contribution in [1.29, 1.82) is 10.8 Å². The van der Waals surface area contributed by atoms with Gasteiger partial charge in [-0.15, -0.1) is 11.8 Å². The third-order valence-electron chi connectivity index (χ3n) is 19.5. The molecule has 7 aromatic rings. The van der Waals surface area contributed by atoms with Crippen LogP contribution in [-0.4, -0.2) is 257 Å². The van der Waals surface area contributed by atoms with Gasteiger partial charge >= 0.3 is 0 Å². The van der Waals surface area contributed by atoms with Crippen LogP contribution in [0.3, 0.4) is 0 Å². The van der Waals surface area contributed by atoms with E-state index in [0.717, 1.165) is 16.7 Å². The molecule has 1 saturated heterocycles. The molecule has 0 bridgehead atoms. The van der Waals surface area contributed by atoms with E-state index >= 15 is 24.0 Å². The lowest BCUT2D eigenvalue weighted by molar-refractivity contribution is -0.143. The van der Waals surface area contributed by atoms with Crippen molar-refractivity contribution in [3.05, 3.63) is 162 Å². The number of thioether (sulfide) groups is 1. The van der Waals surface area contributed by atoms with E-state index in [4.69, 9.17) is 28.0 Å². The number of rotatable bonds is 26. The van der Waals surface area contributed by atoms with Gasteiger partial charge in [-0.3, -0.25) is 77.9 Å². The number of aliphatic hydroxyl groups is 1. The number of imidazole rings is 3. The predicted octanol–water partition coefficient (Wildman–Crippen LogP) is -5.20. The topological polar surface area (TPSA) is 658 Å². The summed E-state index contributed by atoms with van der Waals surface area (Å²) in [4.78, 5) is 229. The minimum atomic E-state index is -1.82. The molecule has 42 nitrogen and oxygen atoms in total. The van der Waals surface area contributed by atoms with Crippen LogP contribution in [0, 0.1) is 16.7 Å². The van der Waals surface area contributed by atoms with E-state index < -0.39 is 198 Å². The van der Waals surface area contributed by atoms with Gasteiger partial charge in [0.05, 0.1) is 44.4 Å². The number of aliphatic hydroxyl groups excluding tert-OH is 1. The van der Waals surface area contributed by atoms with E-state index in [0.29, 0.717) is 39.0 Å². The number of nitrogens with one attached hydrogen (secondary N) is 20. The standard InChI is InChI=1S/C78H105N27O15S/c1-43(2)65-75(119)102-56(28-46-31-89-51-19-11-10-18-50(46)51)69(113)98-53(23-22-47-32-84-40-92-47)66(110)91-36-63(108)96-59(37-106)73(117)99-54(21-13-25-88-78(82)83)76(120)105(3)61(27-45-16-8-5-9-17-45)74(118)101-58(30-49-34-86-42-94-49)70(114)97-52(20-12-24-87-77(80)81)68(112)100-57(29-48-33-85-41-93-48)71(115)103-60(67(111)90-35-62(79)107)38-121-39-64(109)95-55(72(116)104-65)26-44-14-6-4-7-15-44/h4-11,14-19,31-34,40-43,52-61,65,89,106H,12-13,20-30,35-39H2,1-3H3,(H2,79,107)(H,84,92)(H,85,93)(H,86,94)(H,90,111)(H,91,110)(H,95,109)(H,96,108)(H,97,114)(H,98,113)(H,99,117)(H,100,112)(H,101,118)(H,102,119)(H,103,115)(H,104,116)(H4,80,81,87)(H4,82,83,88)/t52-,53-,54-,55-,56-,57-,58-,59-,60-,61-,65-/m1/s1. The summed E-state index contributed by atoms with van der Waals surface area (Å²) in [7, 11) is 1.26. The number of hydrogen-bond donors (Lipinski definition) is 24. The maximum atomic E-state index is 15.3. The van der Waals surface area contributed by atoms with E-state index in [2.05, 4.69) is 109 Å². The summed E-state index contributed by atoms with van der Waals surface area (Å²) in [6.45, 7) is 0.559. The van der Waals surface area contributed by atoms with E-state index in [-0.39, 0.29) is 89.4 Å². The Hall–Kier alpha value is -13.7. The number of guanidine groups is 2. The van der Waals surface area contributed by atoms with Crippen LogP contribution in [0.1, 0.15) is 79.7 Å². The van der Waals surface area contributed by atoms with Crippen molar-refractivity contribution < 1.29 is 72.2 Å². The number of H-pyrrole nitrogens is 4. The molecule has 43 heteroatoms. The monoisotopic (exact) mass is 1690 g/mol. The lowest BCUT2D eigenvalue weighted by Crippen LogP contribution is -2.61. The fourth-order valence-electron chi connectivity index (χ4n) is 13.1. The number of amides is 14. The summed E-state index contributed by atoms with van der Waals surface area (Å²) in [5, 5.41) is 63.8. The van der Waals surface area contributed by atoms with Crippen molar-refractivity contribution in [2.24, 2.45) is 23.1 Å². The molecule has 8 rings (SSSR count). The van der Waals surface area contributed by atoms with Crippen molar-refractivity contribution in [3.63, 3.8) is 0 Å². The van der Waals surface area contributed by atoms with Gasteiger partial charge in [0.15, 0.2) is 11.9 Å². The summed E-state index contributed by atoms with van der Waals surface area (Å²) in [6.07, 6.45) is 8.11. The lowest BCUT2D eigenvalue weighted by Gasteiger charge is -2.33. The first-order valence-electron chi connectivity index (χ1n) is 39.0. The van der Waals surface area contributed by atoms with Crippen LogP contribution < -0.4 is 91.6 Å². The molecule has 1 fully saturated rings. The van der Waals surface area contributed by atoms with Crippen molar-refractivity contribution in [2.45, 2.75) is 151 Å². The number of aryl methyl sites for hydroxylation is 1. The minimum Gasteiger partial charge on any atom is -0.394 e. The Morgan fingerprint density at radius 1 is 0.512 bits per heavy atom. The zero-order chi connectivity index (χ0) is 87.5. The molecule has 11 atom stereocenters. The van der Waals surface area contributed by atoms with Gasteiger partial charge in [-0.2, -0.15) is 0 Å². The normalized spacial score (nSPS) is 21.9. The number of aromatic amines is 4. The highest BCUT2D eigenvalue weighted by molar-refractivity contribution is 8.00. The predicted molar refractivity (Wildman–Crippen MR) is 442 cm³/mol. The highest BCUT2D eigenvalue weighted by Gasteiger charge is 2.40. The van der Waals surface area contributed by atoms with Gasteiger partial charge in [-0.05, 0) is 67.2 Å². The molecular weight excluding hydrogens is 1590 g/mol. The molecular formula is C78H105N27O15S. The number of primary amides is 1. The molecule has 0 radical (unpaired) electrons. The highest BCUT2D eigenvalue weighted by Crippen LogP contribution is 2.21. The number of aromatic nitrogens is 7. The molecule has 27 N–H and O–H groups in total. The molecule has 3 aromatic carbocycles. The third-order valence-corrected chi connectivity index (χ3v) is 20.5. The fourth-order valence-corrected chi connectivity index (χ4v) is 13.9. The Bertz CT molecular complexity index is 4670. The maximum absolute atomic E-state index is 15.3. The van der Waals surface area contributed by atoms with E-state index in [1.54, 1.807) is 105 Å². The first-order valence-corrected chi connectivity index (χ1v) is 40.2. The van der Waals surface area contributed by atoms with Gasteiger partial charge in [0, 0.05) is 111 Å². The summed E-state index contributed by atoms with van der Waals surface area (Å²) >= 11 is 0.802. The second kappa shape index (κ2) is 47.0. The summed E-state index contributed by atoms with van der Waals surface area (Å²) in [6, 6.07) is 6.82. The number of hydrogen-bond acceptors (Lipinski definition) is 21.